The van der Waals surface area contributed by atoms with Gasteiger partial charge in [-0.05, 0) is 50.5 Å². The molecule has 1 heterocycles. The van der Waals surface area contributed by atoms with E-state index >= 15 is 0 Å². The van der Waals surface area contributed by atoms with Gasteiger partial charge in [-0.3, -0.25) is 14.6 Å². The molecule has 1 fully saturated rings. The highest BCUT2D eigenvalue weighted by Crippen LogP contribution is 2.19. The van der Waals surface area contributed by atoms with Gasteiger partial charge in [-0.25, -0.2) is 0 Å². The zero-order chi connectivity index (χ0) is 19.2. The summed E-state index contributed by atoms with van der Waals surface area (Å²) in [6.07, 6.45) is 8.31. The van der Waals surface area contributed by atoms with Gasteiger partial charge in [0.25, 0.3) is 11.8 Å². The molecule has 0 aliphatic heterocycles. The SMILES string of the molecule is Cc1ccc(NC(=O)c2ccnc(C(=O)NC3CCCCCC3)c2)c(C)c1. The van der Waals surface area contributed by atoms with Gasteiger partial charge in [0.05, 0.1) is 0 Å². The highest BCUT2D eigenvalue weighted by molar-refractivity contribution is 6.06. The quantitative estimate of drug-likeness (QED) is 0.789. The van der Waals surface area contributed by atoms with Crippen LogP contribution in [-0.4, -0.2) is 22.8 Å². The van der Waals surface area contributed by atoms with Crippen LogP contribution in [0.2, 0.25) is 0 Å². The Kier molecular flexibility index (Phi) is 6.22. The number of hydrogen-bond acceptors (Lipinski definition) is 3. The first-order chi connectivity index (χ1) is 13.0. The van der Waals surface area contributed by atoms with Crippen LogP contribution in [0.3, 0.4) is 0 Å². The number of carbonyl (C=O) groups is 2. The maximum absolute atomic E-state index is 12.6. The van der Waals surface area contributed by atoms with Crippen LogP contribution in [0, 0.1) is 13.8 Å². The molecule has 5 nitrogen and oxygen atoms in total. The first kappa shape index (κ1) is 19.1. The van der Waals surface area contributed by atoms with E-state index in [9.17, 15) is 9.59 Å². The summed E-state index contributed by atoms with van der Waals surface area (Å²) in [6, 6.07) is 9.26. The van der Waals surface area contributed by atoms with Gasteiger partial charge in [0, 0.05) is 23.5 Å². The topological polar surface area (TPSA) is 71.1 Å². The van der Waals surface area contributed by atoms with Crippen molar-refractivity contribution < 1.29 is 9.59 Å². The van der Waals surface area contributed by atoms with E-state index in [1.54, 1.807) is 12.1 Å². The minimum Gasteiger partial charge on any atom is -0.348 e. The molecule has 0 unspecified atom stereocenters. The minimum atomic E-state index is -0.243. The second-order valence-electron chi connectivity index (χ2n) is 7.36. The molecule has 27 heavy (non-hydrogen) atoms. The second kappa shape index (κ2) is 8.80. The Labute approximate surface area is 160 Å². The van der Waals surface area contributed by atoms with Crippen LogP contribution in [0.15, 0.2) is 36.5 Å². The number of nitrogens with one attached hydrogen (secondary N) is 2. The molecule has 5 heteroatoms. The molecule has 0 bridgehead atoms. The van der Waals surface area contributed by atoms with Crippen molar-refractivity contribution >= 4 is 17.5 Å². The molecule has 1 aliphatic rings. The summed E-state index contributed by atoms with van der Waals surface area (Å²) in [5.74, 6) is -0.448. The first-order valence-electron chi connectivity index (χ1n) is 9.68. The summed E-state index contributed by atoms with van der Waals surface area (Å²) in [7, 11) is 0. The van der Waals surface area contributed by atoms with E-state index in [1.807, 2.05) is 32.0 Å². The van der Waals surface area contributed by atoms with Crippen molar-refractivity contribution in [2.45, 2.75) is 58.4 Å². The minimum absolute atomic E-state index is 0.203. The highest BCUT2D eigenvalue weighted by atomic mass is 16.2. The summed E-state index contributed by atoms with van der Waals surface area (Å²) in [5.41, 5.74) is 3.63. The van der Waals surface area contributed by atoms with Gasteiger partial charge in [0.1, 0.15) is 5.69 Å². The molecule has 1 aromatic heterocycles. The van der Waals surface area contributed by atoms with E-state index in [-0.39, 0.29) is 23.6 Å². The number of aryl methyl sites for hydroxylation is 2. The summed E-state index contributed by atoms with van der Waals surface area (Å²) in [4.78, 5) is 29.3. The lowest BCUT2D eigenvalue weighted by Crippen LogP contribution is -2.35. The molecule has 2 N–H and O–H groups in total. The van der Waals surface area contributed by atoms with Gasteiger partial charge in [0.2, 0.25) is 0 Å². The molecule has 142 valence electrons. The molecule has 3 rings (SSSR count). The smallest absolute Gasteiger partial charge is 0.270 e. The lowest BCUT2D eigenvalue weighted by atomic mass is 10.1. The predicted octanol–water partition coefficient (Wildman–Crippen LogP) is 4.40. The van der Waals surface area contributed by atoms with Crippen LogP contribution in [0.1, 0.15) is 70.5 Å². The Hall–Kier alpha value is -2.69. The molecule has 0 spiro atoms. The molecule has 1 aromatic carbocycles. The van der Waals surface area contributed by atoms with Gasteiger partial charge in [-0.2, -0.15) is 0 Å². The van der Waals surface area contributed by atoms with Crippen LogP contribution in [0.4, 0.5) is 5.69 Å². The lowest BCUT2D eigenvalue weighted by Gasteiger charge is -2.16. The van der Waals surface area contributed by atoms with Gasteiger partial charge >= 0.3 is 0 Å². The van der Waals surface area contributed by atoms with E-state index in [1.165, 1.54) is 19.0 Å². The van der Waals surface area contributed by atoms with E-state index in [2.05, 4.69) is 15.6 Å². The monoisotopic (exact) mass is 365 g/mol. The third kappa shape index (κ3) is 5.16. The van der Waals surface area contributed by atoms with E-state index in [0.29, 0.717) is 5.56 Å². The van der Waals surface area contributed by atoms with E-state index in [4.69, 9.17) is 0 Å². The normalized spacial score (nSPS) is 15.0. The molecule has 0 saturated heterocycles. The van der Waals surface area contributed by atoms with Crippen molar-refractivity contribution in [3.05, 3.63) is 58.9 Å². The Morgan fingerprint density at radius 2 is 1.70 bits per heavy atom. The number of benzene rings is 1. The summed E-state index contributed by atoms with van der Waals surface area (Å²) >= 11 is 0. The lowest BCUT2D eigenvalue weighted by molar-refractivity contribution is 0.0928. The van der Waals surface area contributed by atoms with Crippen LogP contribution < -0.4 is 10.6 Å². The zero-order valence-electron chi connectivity index (χ0n) is 16.0. The fourth-order valence-corrected chi connectivity index (χ4v) is 3.53. The number of anilines is 1. The van der Waals surface area contributed by atoms with Crippen LogP contribution in [-0.2, 0) is 0 Å². The molecule has 2 amide bonds. The summed E-state index contributed by atoms with van der Waals surface area (Å²) in [6.45, 7) is 3.97. The summed E-state index contributed by atoms with van der Waals surface area (Å²) in [5, 5.41) is 5.98. The number of rotatable bonds is 4. The van der Waals surface area contributed by atoms with Gasteiger partial charge in [-0.15, -0.1) is 0 Å². The van der Waals surface area contributed by atoms with Crippen LogP contribution >= 0.6 is 0 Å². The van der Waals surface area contributed by atoms with Gasteiger partial charge in [-0.1, -0.05) is 43.4 Å². The van der Waals surface area contributed by atoms with E-state index < -0.39 is 0 Å². The number of aromatic nitrogens is 1. The standard InChI is InChI=1S/C22H27N3O2/c1-15-9-10-19(16(2)13-15)25-21(26)17-11-12-23-20(14-17)22(27)24-18-7-5-3-4-6-8-18/h9-14,18H,3-8H2,1-2H3,(H,24,27)(H,25,26). The Balaban J connectivity index is 1.68. The van der Waals surface area contributed by atoms with Gasteiger partial charge in [0.15, 0.2) is 0 Å². The molecule has 0 radical (unpaired) electrons. The van der Waals surface area contributed by atoms with Gasteiger partial charge < -0.3 is 10.6 Å². The van der Waals surface area contributed by atoms with E-state index in [0.717, 1.165) is 42.5 Å². The predicted molar refractivity (Wildman–Crippen MR) is 107 cm³/mol. The number of hydrogen-bond donors (Lipinski definition) is 2. The fraction of sp³-hybridized carbons (Fsp3) is 0.409. The second-order valence-corrected chi connectivity index (χ2v) is 7.36. The highest BCUT2D eigenvalue weighted by Gasteiger charge is 2.18. The van der Waals surface area contributed by atoms with Crippen molar-refractivity contribution in [1.82, 2.24) is 10.3 Å². The average Bonchev–Trinajstić information content (AvgIpc) is 2.92. The molecule has 2 aromatic rings. The molecule has 1 saturated carbocycles. The maximum Gasteiger partial charge on any atom is 0.270 e. The molecular formula is C22H27N3O2. The van der Waals surface area contributed by atoms with Crippen molar-refractivity contribution in [2.24, 2.45) is 0 Å². The zero-order valence-corrected chi connectivity index (χ0v) is 16.0. The largest absolute Gasteiger partial charge is 0.348 e. The molecule has 1 aliphatic carbocycles. The van der Waals surface area contributed by atoms with Crippen LogP contribution in [0.25, 0.3) is 0 Å². The van der Waals surface area contributed by atoms with Crippen LogP contribution in [0.5, 0.6) is 0 Å². The van der Waals surface area contributed by atoms with Crippen molar-refractivity contribution in [3.63, 3.8) is 0 Å². The third-order valence-electron chi connectivity index (χ3n) is 5.08. The Bertz CT molecular complexity index is 824. The van der Waals surface area contributed by atoms with Crippen molar-refractivity contribution in [2.75, 3.05) is 5.32 Å². The fourth-order valence-electron chi connectivity index (χ4n) is 3.53. The summed E-state index contributed by atoms with van der Waals surface area (Å²) < 4.78 is 0. The number of pyridine rings is 1. The maximum atomic E-state index is 12.6. The first-order valence-corrected chi connectivity index (χ1v) is 9.68. The molecule has 0 atom stereocenters. The number of carbonyl (C=O) groups excluding carboxylic acids is 2. The average molecular weight is 365 g/mol. The number of amides is 2. The number of nitrogens with zero attached hydrogens (tertiary/aromatic N) is 1. The van der Waals surface area contributed by atoms with Crippen molar-refractivity contribution in [3.8, 4) is 0 Å². The molecular weight excluding hydrogens is 338 g/mol. The Morgan fingerprint density at radius 1 is 0.963 bits per heavy atom. The van der Waals surface area contributed by atoms with Crippen molar-refractivity contribution in [1.29, 1.82) is 0 Å². The Morgan fingerprint density at radius 3 is 2.41 bits per heavy atom. The third-order valence-corrected chi connectivity index (χ3v) is 5.08.